The molecule has 0 amide bonds. The minimum absolute atomic E-state index is 0.0439. The first-order valence-electron chi connectivity index (χ1n) is 11.1. The lowest BCUT2D eigenvalue weighted by atomic mass is 10.2. The van der Waals surface area contributed by atoms with E-state index < -0.39 is 13.0 Å². The predicted octanol–water partition coefficient (Wildman–Crippen LogP) is 3.08. The lowest BCUT2D eigenvalue weighted by Crippen LogP contribution is -2.41. The Morgan fingerprint density at radius 2 is 2.03 bits per heavy atom. The van der Waals surface area contributed by atoms with Gasteiger partial charge < -0.3 is 14.4 Å². The van der Waals surface area contributed by atoms with E-state index in [0.29, 0.717) is 37.7 Å². The Labute approximate surface area is 190 Å². The molecule has 1 aliphatic rings. The van der Waals surface area contributed by atoms with Gasteiger partial charge in [-0.1, -0.05) is 0 Å². The molecular formula is C23H29F2N5O3. The van der Waals surface area contributed by atoms with Crippen molar-refractivity contribution in [1.82, 2.24) is 18.9 Å². The maximum atomic E-state index is 13.3. The van der Waals surface area contributed by atoms with Crippen molar-refractivity contribution in [3.05, 3.63) is 58.5 Å². The van der Waals surface area contributed by atoms with Crippen molar-refractivity contribution < 1.29 is 18.3 Å². The Kier molecular flexibility index (Phi) is 6.83. The topological polar surface area (TPSA) is 66.4 Å². The number of alkyl halides is 2. The van der Waals surface area contributed by atoms with Crippen molar-refractivity contribution in [3.8, 4) is 11.4 Å². The van der Waals surface area contributed by atoms with E-state index in [0.717, 1.165) is 23.5 Å². The second-order valence-electron chi connectivity index (χ2n) is 8.24. The largest absolute Gasteiger partial charge is 0.487 e. The highest BCUT2D eigenvalue weighted by Gasteiger charge is 2.20. The smallest absolute Gasteiger partial charge is 0.333 e. The zero-order chi connectivity index (χ0) is 23.5. The lowest BCUT2D eigenvalue weighted by Gasteiger charge is -2.33. The highest BCUT2D eigenvalue weighted by atomic mass is 19.3. The van der Waals surface area contributed by atoms with Crippen LogP contribution in [0, 0.1) is 6.92 Å². The zero-order valence-corrected chi connectivity index (χ0v) is 19.1. The minimum Gasteiger partial charge on any atom is -0.487 e. The Morgan fingerprint density at radius 1 is 1.24 bits per heavy atom. The molecule has 0 aliphatic carbocycles. The summed E-state index contributed by atoms with van der Waals surface area (Å²) in [6.45, 7) is 8.16. The fourth-order valence-corrected chi connectivity index (χ4v) is 4.08. The van der Waals surface area contributed by atoms with Gasteiger partial charge >= 0.3 is 5.69 Å². The third-order valence-corrected chi connectivity index (χ3v) is 5.61. The first-order valence-corrected chi connectivity index (χ1v) is 11.1. The molecule has 0 spiro atoms. The van der Waals surface area contributed by atoms with Gasteiger partial charge in [-0.3, -0.25) is 13.8 Å². The van der Waals surface area contributed by atoms with Gasteiger partial charge in [0.1, 0.15) is 12.4 Å². The van der Waals surface area contributed by atoms with Crippen LogP contribution < -0.4 is 15.3 Å². The van der Waals surface area contributed by atoms with Crippen LogP contribution >= 0.6 is 0 Å². The van der Waals surface area contributed by atoms with Crippen LogP contribution in [0.4, 0.5) is 14.5 Å². The highest BCUT2D eigenvalue weighted by Crippen LogP contribution is 2.28. The quantitative estimate of drug-likeness (QED) is 0.516. The Hall–Kier alpha value is -3.14. The monoisotopic (exact) mass is 461 g/mol. The van der Waals surface area contributed by atoms with Crippen LogP contribution in [0.15, 0.2) is 41.6 Å². The van der Waals surface area contributed by atoms with E-state index in [1.165, 1.54) is 0 Å². The summed E-state index contributed by atoms with van der Waals surface area (Å²) in [5.41, 5.74) is 2.81. The predicted molar refractivity (Wildman–Crippen MR) is 121 cm³/mol. The molecule has 0 N–H and O–H groups in total. The summed E-state index contributed by atoms with van der Waals surface area (Å²) < 4.78 is 41.6. The molecule has 3 heterocycles. The Balaban J connectivity index is 1.70. The second kappa shape index (κ2) is 9.78. The maximum absolute atomic E-state index is 13.3. The van der Waals surface area contributed by atoms with E-state index in [1.54, 1.807) is 33.7 Å². The average Bonchev–Trinajstić information content (AvgIpc) is 3.35. The average molecular weight is 462 g/mol. The number of anilines is 1. The number of imidazole rings is 1. The Bertz CT molecular complexity index is 1150. The van der Waals surface area contributed by atoms with E-state index >= 15 is 0 Å². The van der Waals surface area contributed by atoms with E-state index in [-0.39, 0.29) is 11.8 Å². The van der Waals surface area contributed by atoms with E-state index in [1.807, 2.05) is 37.7 Å². The number of hydrogen-bond acceptors (Lipinski definition) is 5. The molecule has 10 heteroatoms. The summed E-state index contributed by atoms with van der Waals surface area (Å²) in [4.78, 5) is 15.4. The van der Waals surface area contributed by atoms with E-state index in [2.05, 4.69) is 10.00 Å². The molecule has 0 radical (unpaired) electrons. The summed E-state index contributed by atoms with van der Waals surface area (Å²) in [5, 5.41) is 4.26. The SMILES string of the molecule is CCn1cc(Cn2cc(C)n(-c3cc(OCC(F)F)cc(N4CCO[C@H](C)C4)c3)c2=O)cn1. The number of aromatic nitrogens is 4. The van der Waals surface area contributed by atoms with Crippen molar-refractivity contribution in [2.45, 2.75) is 46.4 Å². The van der Waals surface area contributed by atoms with E-state index in [9.17, 15) is 13.6 Å². The minimum atomic E-state index is -2.59. The first kappa shape index (κ1) is 23.0. The van der Waals surface area contributed by atoms with Gasteiger partial charge in [0.25, 0.3) is 6.43 Å². The second-order valence-corrected chi connectivity index (χ2v) is 8.24. The van der Waals surface area contributed by atoms with E-state index in [4.69, 9.17) is 9.47 Å². The molecule has 1 aromatic carbocycles. The molecule has 0 unspecified atom stereocenters. The van der Waals surface area contributed by atoms with Crippen LogP contribution in [0.3, 0.4) is 0 Å². The molecule has 1 aliphatic heterocycles. The van der Waals surface area contributed by atoms with Crippen molar-refractivity contribution in [3.63, 3.8) is 0 Å². The number of hydrogen-bond donors (Lipinski definition) is 0. The van der Waals surface area contributed by atoms with Crippen LogP contribution in [-0.2, 0) is 17.8 Å². The van der Waals surface area contributed by atoms with Gasteiger partial charge in [-0.25, -0.2) is 13.6 Å². The third kappa shape index (κ3) is 5.27. The number of aryl methyl sites for hydroxylation is 2. The zero-order valence-electron chi connectivity index (χ0n) is 19.1. The summed E-state index contributed by atoms with van der Waals surface area (Å²) in [6, 6.07) is 5.26. The molecule has 2 aromatic heterocycles. The summed E-state index contributed by atoms with van der Waals surface area (Å²) in [6.07, 6.45) is 2.90. The highest BCUT2D eigenvalue weighted by molar-refractivity contribution is 5.58. The number of rotatable bonds is 8. The number of nitrogens with zero attached hydrogens (tertiary/aromatic N) is 5. The van der Waals surface area contributed by atoms with Crippen LogP contribution in [0.25, 0.3) is 5.69 Å². The van der Waals surface area contributed by atoms with Crippen LogP contribution in [0.5, 0.6) is 5.75 Å². The molecule has 4 rings (SSSR count). The summed E-state index contributed by atoms with van der Waals surface area (Å²) >= 11 is 0. The van der Waals surface area contributed by atoms with Gasteiger partial charge in [0.05, 0.1) is 31.1 Å². The van der Waals surface area contributed by atoms with Crippen molar-refractivity contribution >= 4 is 5.69 Å². The molecule has 8 nitrogen and oxygen atoms in total. The van der Waals surface area contributed by atoms with Crippen molar-refractivity contribution in [1.29, 1.82) is 0 Å². The number of halogens is 2. The van der Waals surface area contributed by atoms with Gasteiger partial charge in [-0.15, -0.1) is 0 Å². The number of ether oxygens (including phenoxy) is 2. The number of morpholine rings is 1. The molecule has 0 saturated carbocycles. The maximum Gasteiger partial charge on any atom is 0.333 e. The standard InChI is InChI=1S/C23H29F2N5O3/c1-4-29-14-18(10-26-29)13-28-11-16(2)30(23(28)31)20-7-19(27-5-6-32-17(3)12-27)8-21(9-20)33-15-22(24)25/h7-11,14,17,22H,4-6,12-13,15H2,1-3H3/t17-/m1/s1. The first-order chi connectivity index (χ1) is 15.8. The van der Waals surface area contributed by atoms with Crippen molar-refractivity contribution in [2.24, 2.45) is 0 Å². The molecule has 1 fully saturated rings. The molecule has 0 bridgehead atoms. The molecular weight excluding hydrogens is 432 g/mol. The summed E-state index contributed by atoms with van der Waals surface area (Å²) in [7, 11) is 0. The fourth-order valence-electron chi connectivity index (χ4n) is 4.08. The lowest BCUT2D eigenvalue weighted by molar-refractivity contribution is 0.0532. The van der Waals surface area contributed by atoms with Crippen molar-refractivity contribution in [2.75, 3.05) is 31.2 Å². The van der Waals surface area contributed by atoms with Gasteiger partial charge in [-0.05, 0) is 26.8 Å². The molecule has 33 heavy (non-hydrogen) atoms. The Morgan fingerprint density at radius 3 is 2.73 bits per heavy atom. The molecule has 178 valence electrons. The van der Waals surface area contributed by atoms with Gasteiger partial charge in [-0.2, -0.15) is 5.10 Å². The van der Waals surface area contributed by atoms with Crippen LogP contribution in [0.1, 0.15) is 25.1 Å². The number of benzene rings is 1. The molecule has 1 saturated heterocycles. The fraction of sp³-hybridized carbons (Fsp3) is 0.478. The van der Waals surface area contributed by atoms with Crippen LogP contribution in [0.2, 0.25) is 0 Å². The normalized spacial score (nSPS) is 16.5. The van der Waals surface area contributed by atoms with Crippen LogP contribution in [-0.4, -0.2) is 57.7 Å². The third-order valence-electron chi connectivity index (χ3n) is 5.61. The van der Waals surface area contributed by atoms with Gasteiger partial charge in [0.2, 0.25) is 0 Å². The molecule has 3 aromatic rings. The van der Waals surface area contributed by atoms with Gasteiger partial charge in [0.15, 0.2) is 0 Å². The molecule has 1 atom stereocenters. The van der Waals surface area contributed by atoms with Gasteiger partial charge in [0, 0.05) is 61.1 Å². The summed E-state index contributed by atoms with van der Waals surface area (Å²) in [5.74, 6) is 0.296.